The van der Waals surface area contributed by atoms with E-state index in [9.17, 15) is 13.2 Å². The fourth-order valence-corrected chi connectivity index (χ4v) is 4.89. The maximum Gasteiger partial charge on any atom is 0.251 e. The summed E-state index contributed by atoms with van der Waals surface area (Å²) in [5.74, 6) is 1.41. The molecule has 0 bridgehead atoms. The van der Waals surface area contributed by atoms with Gasteiger partial charge in [-0.1, -0.05) is 54.1 Å². The molecule has 0 unspecified atom stereocenters. The number of amides is 1. The van der Waals surface area contributed by atoms with Gasteiger partial charge in [0.05, 0.1) is 25.0 Å². The lowest BCUT2D eigenvalue weighted by Crippen LogP contribution is -2.30. The molecule has 0 fully saturated rings. The van der Waals surface area contributed by atoms with Crippen molar-refractivity contribution < 1.29 is 22.7 Å². The van der Waals surface area contributed by atoms with Crippen LogP contribution in [0.3, 0.4) is 0 Å². The maximum absolute atomic E-state index is 12.8. The largest absolute Gasteiger partial charge is 0.492 e. The van der Waals surface area contributed by atoms with Crippen LogP contribution < -0.4 is 19.1 Å². The average molecular weight is 565 g/mol. The van der Waals surface area contributed by atoms with E-state index in [1.807, 2.05) is 49.4 Å². The highest BCUT2D eigenvalue weighted by molar-refractivity contribution is 7.92. The summed E-state index contributed by atoms with van der Waals surface area (Å²) < 4.78 is 38.6. The molecule has 0 aliphatic rings. The van der Waals surface area contributed by atoms with Crippen LogP contribution in [0.25, 0.3) is 0 Å². The minimum atomic E-state index is -3.71. The lowest BCUT2D eigenvalue weighted by molar-refractivity contribution is 0.0947. The number of benzene rings is 4. The van der Waals surface area contributed by atoms with Crippen molar-refractivity contribution in [3.8, 4) is 17.2 Å². The molecule has 39 heavy (non-hydrogen) atoms. The first-order valence-corrected chi connectivity index (χ1v) is 14.5. The number of nitrogens with zero attached hydrogens (tertiary/aromatic N) is 1. The monoisotopic (exact) mass is 564 g/mol. The van der Waals surface area contributed by atoms with Gasteiger partial charge < -0.3 is 14.8 Å². The van der Waals surface area contributed by atoms with Gasteiger partial charge in [0.1, 0.15) is 18.1 Å². The molecule has 0 saturated heterocycles. The van der Waals surface area contributed by atoms with Gasteiger partial charge >= 0.3 is 0 Å². The maximum atomic E-state index is 12.8. The summed E-state index contributed by atoms with van der Waals surface area (Å²) in [6, 6.07) is 28.4. The molecule has 4 aromatic carbocycles. The molecule has 0 aromatic heterocycles. The highest BCUT2D eigenvalue weighted by atomic mass is 35.5. The van der Waals surface area contributed by atoms with Gasteiger partial charge in [0.15, 0.2) is 5.75 Å². The smallest absolute Gasteiger partial charge is 0.251 e. The van der Waals surface area contributed by atoms with Crippen molar-refractivity contribution in [2.45, 2.75) is 13.5 Å². The zero-order valence-corrected chi connectivity index (χ0v) is 23.2. The molecule has 0 aliphatic carbocycles. The Kier molecular flexibility index (Phi) is 9.11. The Morgan fingerprint density at radius 2 is 1.62 bits per heavy atom. The van der Waals surface area contributed by atoms with E-state index in [0.717, 1.165) is 17.6 Å². The molecule has 0 radical (unpaired) electrons. The third kappa shape index (κ3) is 7.99. The molecular weight excluding hydrogens is 536 g/mol. The summed E-state index contributed by atoms with van der Waals surface area (Å²) in [5.41, 5.74) is 2.55. The van der Waals surface area contributed by atoms with Gasteiger partial charge in [0.25, 0.3) is 5.91 Å². The Morgan fingerprint density at radius 1 is 0.897 bits per heavy atom. The van der Waals surface area contributed by atoms with E-state index in [-0.39, 0.29) is 12.5 Å². The van der Waals surface area contributed by atoms with Crippen molar-refractivity contribution in [3.05, 3.63) is 119 Å². The molecule has 1 N–H and O–H groups in total. The molecule has 0 heterocycles. The Morgan fingerprint density at radius 3 is 2.31 bits per heavy atom. The van der Waals surface area contributed by atoms with E-state index in [2.05, 4.69) is 5.32 Å². The number of anilines is 1. The van der Waals surface area contributed by atoms with E-state index in [4.69, 9.17) is 21.1 Å². The van der Waals surface area contributed by atoms with Crippen LogP contribution in [0.4, 0.5) is 5.69 Å². The number of rotatable bonds is 11. The number of carbonyl (C=O) groups excluding carboxylic acids is 1. The quantitative estimate of drug-likeness (QED) is 0.219. The van der Waals surface area contributed by atoms with Gasteiger partial charge in [0, 0.05) is 10.6 Å². The van der Waals surface area contributed by atoms with Crippen molar-refractivity contribution in [2.75, 3.05) is 23.7 Å². The van der Waals surface area contributed by atoms with E-state index >= 15 is 0 Å². The molecule has 4 rings (SSSR count). The summed E-state index contributed by atoms with van der Waals surface area (Å²) >= 11 is 6.24. The summed E-state index contributed by atoms with van der Waals surface area (Å²) in [4.78, 5) is 12.6. The fraction of sp³-hybridized carbons (Fsp3) is 0.167. The number of ether oxygens (including phenoxy) is 2. The van der Waals surface area contributed by atoms with Crippen LogP contribution in [0, 0.1) is 6.92 Å². The van der Waals surface area contributed by atoms with Crippen molar-refractivity contribution in [3.63, 3.8) is 0 Å². The minimum Gasteiger partial charge on any atom is -0.492 e. The second-order valence-corrected chi connectivity index (χ2v) is 11.3. The van der Waals surface area contributed by atoms with Crippen LogP contribution in [-0.2, 0) is 16.6 Å². The Balaban J connectivity index is 1.43. The normalized spacial score (nSPS) is 11.1. The molecule has 9 heteroatoms. The number of halogens is 1. The van der Waals surface area contributed by atoms with Crippen molar-refractivity contribution in [1.82, 2.24) is 5.32 Å². The number of aryl methyl sites for hydroxylation is 1. The first-order chi connectivity index (χ1) is 18.7. The van der Waals surface area contributed by atoms with Crippen LogP contribution in [0.15, 0.2) is 97.1 Å². The molecule has 0 aliphatic heterocycles. The third-order valence-electron chi connectivity index (χ3n) is 5.75. The van der Waals surface area contributed by atoms with Gasteiger partial charge in [-0.05, 0) is 72.6 Å². The highest BCUT2D eigenvalue weighted by Gasteiger charge is 2.23. The summed E-state index contributed by atoms with van der Waals surface area (Å²) in [6.45, 7) is 2.69. The summed E-state index contributed by atoms with van der Waals surface area (Å²) in [7, 11) is -3.71. The number of sulfonamides is 1. The predicted molar refractivity (Wildman–Crippen MR) is 154 cm³/mol. The molecule has 4 aromatic rings. The van der Waals surface area contributed by atoms with Crippen LogP contribution in [-0.4, -0.2) is 33.7 Å². The third-order valence-corrected chi connectivity index (χ3v) is 7.11. The van der Waals surface area contributed by atoms with Crippen LogP contribution in [0.5, 0.6) is 17.2 Å². The van der Waals surface area contributed by atoms with Gasteiger partial charge in [-0.2, -0.15) is 0 Å². The molecule has 7 nitrogen and oxygen atoms in total. The molecule has 1 amide bonds. The van der Waals surface area contributed by atoms with Crippen molar-refractivity contribution in [2.24, 2.45) is 0 Å². The molecule has 0 saturated carbocycles. The molecular formula is C30H29ClN2O5S. The Labute approximate surface area is 234 Å². The summed E-state index contributed by atoms with van der Waals surface area (Å²) in [6.07, 6.45) is 1.13. The minimum absolute atomic E-state index is 0.0244. The van der Waals surface area contributed by atoms with Crippen molar-refractivity contribution >= 4 is 33.2 Å². The number of carbonyl (C=O) groups is 1. The lowest BCUT2D eigenvalue weighted by atomic mass is 10.1. The second kappa shape index (κ2) is 12.7. The van der Waals surface area contributed by atoms with Crippen LogP contribution in [0.2, 0.25) is 5.02 Å². The van der Waals surface area contributed by atoms with Gasteiger partial charge in [-0.25, -0.2) is 8.42 Å². The number of hydrogen-bond acceptors (Lipinski definition) is 5. The predicted octanol–water partition coefficient (Wildman–Crippen LogP) is 6.22. The second-order valence-electron chi connectivity index (χ2n) is 8.91. The lowest BCUT2D eigenvalue weighted by Gasteiger charge is -2.25. The standard InChI is InChI=1S/C30H29ClN2O5S/c1-22-7-6-10-27(19-22)37-18-17-32-30(34)24-13-11-23(12-14-24)21-33(39(2,35)36)28-20-25(31)15-16-29(28)38-26-8-4-3-5-9-26/h3-16,19-20H,17-18,21H2,1-2H3,(H,32,34). The fourth-order valence-electron chi connectivity index (χ4n) is 3.84. The van der Waals surface area contributed by atoms with E-state index in [1.165, 1.54) is 4.31 Å². The average Bonchev–Trinajstić information content (AvgIpc) is 2.91. The SMILES string of the molecule is Cc1cccc(OCCNC(=O)c2ccc(CN(c3cc(Cl)ccc3Oc3ccccc3)S(C)(=O)=O)cc2)c1. The van der Waals surface area contributed by atoms with Crippen molar-refractivity contribution in [1.29, 1.82) is 0 Å². The van der Waals surface area contributed by atoms with Gasteiger partial charge in [0.2, 0.25) is 10.0 Å². The number of nitrogens with one attached hydrogen (secondary N) is 1. The Hall–Kier alpha value is -4.01. The molecule has 0 spiro atoms. The van der Waals surface area contributed by atoms with Gasteiger partial charge in [-0.15, -0.1) is 0 Å². The zero-order valence-electron chi connectivity index (χ0n) is 21.6. The number of para-hydroxylation sites is 1. The summed E-state index contributed by atoms with van der Waals surface area (Å²) in [5, 5.41) is 3.20. The number of hydrogen-bond donors (Lipinski definition) is 1. The molecule has 0 atom stereocenters. The topological polar surface area (TPSA) is 84.9 Å². The first-order valence-electron chi connectivity index (χ1n) is 12.3. The van der Waals surface area contributed by atoms with E-state index in [0.29, 0.717) is 46.5 Å². The Bertz CT molecular complexity index is 1530. The van der Waals surface area contributed by atoms with E-state index in [1.54, 1.807) is 54.6 Å². The first kappa shape index (κ1) is 28.0. The van der Waals surface area contributed by atoms with Gasteiger partial charge in [-0.3, -0.25) is 9.10 Å². The van der Waals surface area contributed by atoms with Crippen LogP contribution in [0.1, 0.15) is 21.5 Å². The van der Waals surface area contributed by atoms with Crippen LogP contribution >= 0.6 is 11.6 Å². The van der Waals surface area contributed by atoms with E-state index < -0.39 is 10.0 Å². The highest BCUT2D eigenvalue weighted by Crippen LogP contribution is 2.36. The molecule has 202 valence electrons. The zero-order chi connectivity index (χ0) is 27.8.